The van der Waals surface area contributed by atoms with E-state index < -0.39 is 0 Å². The minimum absolute atomic E-state index is 0.292. The van der Waals surface area contributed by atoms with Gasteiger partial charge in [0, 0.05) is 31.6 Å². The van der Waals surface area contributed by atoms with Crippen molar-refractivity contribution in [1.82, 2.24) is 15.1 Å². The van der Waals surface area contributed by atoms with Crippen LogP contribution in [0.3, 0.4) is 0 Å². The molecule has 0 bridgehead atoms. The molecule has 4 nitrogen and oxygen atoms in total. The predicted octanol–water partition coefficient (Wildman–Crippen LogP) is 1.82. The zero-order valence-corrected chi connectivity index (χ0v) is 11.3. The van der Waals surface area contributed by atoms with Gasteiger partial charge in [-0.25, -0.2) is 0 Å². The van der Waals surface area contributed by atoms with Crippen LogP contribution >= 0.6 is 0 Å². The lowest BCUT2D eigenvalue weighted by Crippen LogP contribution is -2.33. The Morgan fingerprint density at radius 2 is 2.21 bits per heavy atom. The van der Waals surface area contributed by atoms with E-state index in [0.29, 0.717) is 18.6 Å². The number of aromatic nitrogens is 2. The van der Waals surface area contributed by atoms with Gasteiger partial charge in [-0.05, 0) is 24.8 Å². The highest BCUT2D eigenvalue weighted by atomic mass is 16.3. The van der Waals surface area contributed by atoms with Gasteiger partial charge in [-0.3, -0.25) is 4.68 Å². The molecule has 1 aliphatic carbocycles. The summed E-state index contributed by atoms with van der Waals surface area (Å²) in [5.41, 5.74) is 2.27. The van der Waals surface area contributed by atoms with Gasteiger partial charge in [-0.2, -0.15) is 5.10 Å². The second-order valence-electron chi connectivity index (χ2n) is 5.45. The summed E-state index contributed by atoms with van der Waals surface area (Å²) < 4.78 is 1.94. The lowest BCUT2D eigenvalue weighted by atomic mass is 10.1. The van der Waals surface area contributed by atoms with Crippen LogP contribution in [-0.4, -0.2) is 27.5 Å². The maximum absolute atomic E-state index is 9.35. The first kappa shape index (κ1) is 12.6. The van der Waals surface area contributed by atoms with Crippen LogP contribution < -0.4 is 5.32 Å². The summed E-state index contributed by atoms with van der Waals surface area (Å²) in [4.78, 5) is 0. The standard InChI is InChI=1S/C15H21N3O/c1-18-15-8-3-2-6-12(15)14(17-18)9-16-13-7-4-5-11(13)10-19/h2-3,6,8,11,13,16,19H,4-5,7,9-10H2,1H3. The van der Waals surface area contributed by atoms with E-state index in [1.54, 1.807) is 0 Å². The van der Waals surface area contributed by atoms with Crippen molar-refractivity contribution in [1.29, 1.82) is 0 Å². The molecule has 102 valence electrons. The molecule has 1 saturated carbocycles. The van der Waals surface area contributed by atoms with Crippen molar-refractivity contribution >= 4 is 10.9 Å². The van der Waals surface area contributed by atoms with Gasteiger partial charge in [0.25, 0.3) is 0 Å². The van der Waals surface area contributed by atoms with Gasteiger partial charge in [-0.15, -0.1) is 0 Å². The molecule has 1 aromatic carbocycles. The van der Waals surface area contributed by atoms with Crippen LogP contribution in [0.25, 0.3) is 10.9 Å². The molecule has 1 heterocycles. The van der Waals surface area contributed by atoms with E-state index in [1.165, 1.54) is 17.3 Å². The first-order valence-corrected chi connectivity index (χ1v) is 7.04. The van der Waals surface area contributed by atoms with Crippen LogP contribution in [0.5, 0.6) is 0 Å². The summed E-state index contributed by atoms with van der Waals surface area (Å²) in [7, 11) is 1.98. The highest BCUT2D eigenvalue weighted by Crippen LogP contribution is 2.26. The molecular formula is C15H21N3O. The molecule has 1 fully saturated rings. The van der Waals surface area contributed by atoms with E-state index in [-0.39, 0.29) is 0 Å². The molecule has 0 amide bonds. The van der Waals surface area contributed by atoms with E-state index in [1.807, 2.05) is 17.8 Å². The highest BCUT2D eigenvalue weighted by molar-refractivity contribution is 5.81. The van der Waals surface area contributed by atoms with Gasteiger partial charge in [0.15, 0.2) is 0 Å². The first-order valence-electron chi connectivity index (χ1n) is 7.04. The third-order valence-corrected chi connectivity index (χ3v) is 4.26. The number of para-hydroxylation sites is 1. The zero-order chi connectivity index (χ0) is 13.2. The lowest BCUT2D eigenvalue weighted by Gasteiger charge is -2.18. The van der Waals surface area contributed by atoms with E-state index >= 15 is 0 Å². The number of fused-ring (bicyclic) bond motifs is 1. The summed E-state index contributed by atoms with van der Waals surface area (Å²) >= 11 is 0. The SMILES string of the molecule is Cn1nc(CNC2CCCC2CO)c2ccccc21. The molecule has 2 atom stereocenters. The van der Waals surface area contributed by atoms with Crippen LogP contribution in [0, 0.1) is 5.92 Å². The average molecular weight is 259 g/mol. The Bertz CT molecular complexity index is 564. The second kappa shape index (κ2) is 5.31. The molecule has 0 aliphatic heterocycles. The van der Waals surface area contributed by atoms with Crippen molar-refractivity contribution in [2.45, 2.75) is 31.8 Å². The molecule has 3 rings (SSSR count). The fraction of sp³-hybridized carbons (Fsp3) is 0.533. The maximum atomic E-state index is 9.35. The van der Waals surface area contributed by atoms with Crippen molar-refractivity contribution < 1.29 is 5.11 Å². The van der Waals surface area contributed by atoms with Crippen LogP contribution in [0.2, 0.25) is 0 Å². The van der Waals surface area contributed by atoms with E-state index in [0.717, 1.165) is 25.1 Å². The number of benzene rings is 1. The minimum atomic E-state index is 0.292. The fourth-order valence-corrected chi connectivity index (χ4v) is 3.17. The number of hydrogen-bond donors (Lipinski definition) is 2. The van der Waals surface area contributed by atoms with Gasteiger partial charge >= 0.3 is 0 Å². The van der Waals surface area contributed by atoms with Crippen LogP contribution in [0.4, 0.5) is 0 Å². The molecular weight excluding hydrogens is 238 g/mol. The van der Waals surface area contributed by atoms with Gasteiger partial charge in [0.05, 0.1) is 11.2 Å². The number of hydrogen-bond acceptors (Lipinski definition) is 3. The molecule has 2 N–H and O–H groups in total. The highest BCUT2D eigenvalue weighted by Gasteiger charge is 2.26. The smallest absolute Gasteiger partial charge is 0.0841 e. The fourth-order valence-electron chi connectivity index (χ4n) is 3.17. The van der Waals surface area contributed by atoms with Crippen LogP contribution in [-0.2, 0) is 13.6 Å². The lowest BCUT2D eigenvalue weighted by molar-refractivity contribution is 0.205. The Labute approximate surface area is 113 Å². The number of nitrogens with zero attached hydrogens (tertiary/aromatic N) is 2. The topological polar surface area (TPSA) is 50.1 Å². The molecule has 19 heavy (non-hydrogen) atoms. The largest absolute Gasteiger partial charge is 0.396 e. The van der Waals surface area contributed by atoms with E-state index in [2.05, 4.69) is 28.6 Å². The zero-order valence-electron chi connectivity index (χ0n) is 11.3. The normalized spacial score (nSPS) is 23.3. The number of aryl methyl sites for hydroxylation is 1. The van der Waals surface area contributed by atoms with Crippen molar-refractivity contribution in [2.24, 2.45) is 13.0 Å². The van der Waals surface area contributed by atoms with Crippen molar-refractivity contribution in [3.05, 3.63) is 30.0 Å². The molecule has 2 aromatic rings. The number of aliphatic hydroxyl groups excluding tert-OH is 1. The van der Waals surface area contributed by atoms with Crippen LogP contribution in [0.15, 0.2) is 24.3 Å². The van der Waals surface area contributed by atoms with Gasteiger partial charge < -0.3 is 10.4 Å². The number of nitrogens with one attached hydrogen (secondary N) is 1. The Kier molecular flexibility index (Phi) is 3.53. The van der Waals surface area contributed by atoms with Gasteiger partial charge in [0.1, 0.15) is 0 Å². The monoisotopic (exact) mass is 259 g/mol. The maximum Gasteiger partial charge on any atom is 0.0841 e. The Morgan fingerprint density at radius 3 is 3.05 bits per heavy atom. The summed E-state index contributed by atoms with van der Waals surface area (Å²) in [5, 5.41) is 18.7. The number of aliphatic hydroxyl groups is 1. The number of rotatable bonds is 4. The molecule has 1 aromatic heterocycles. The summed E-state index contributed by atoms with van der Waals surface area (Å²) in [6, 6.07) is 8.75. The van der Waals surface area contributed by atoms with Gasteiger partial charge in [0.2, 0.25) is 0 Å². The predicted molar refractivity (Wildman–Crippen MR) is 75.8 cm³/mol. The average Bonchev–Trinajstić information content (AvgIpc) is 3.02. The molecule has 2 unspecified atom stereocenters. The quantitative estimate of drug-likeness (QED) is 0.880. The first-order chi connectivity index (χ1) is 9.29. The van der Waals surface area contributed by atoms with Crippen molar-refractivity contribution in [3.63, 3.8) is 0 Å². The summed E-state index contributed by atoms with van der Waals surface area (Å²) in [6.45, 7) is 1.07. The summed E-state index contributed by atoms with van der Waals surface area (Å²) in [5.74, 6) is 0.412. The molecule has 4 heteroatoms. The van der Waals surface area contributed by atoms with Crippen LogP contribution in [0.1, 0.15) is 25.0 Å². The molecule has 0 radical (unpaired) electrons. The van der Waals surface area contributed by atoms with E-state index in [4.69, 9.17) is 0 Å². The van der Waals surface area contributed by atoms with Gasteiger partial charge in [-0.1, -0.05) is 24.6 Å². The third kappa shape index (κ3) is 2.38. The molecule has 1 aliphatic rings. The van der Waals surface area contributed by atoms with Crippen molar-refractivity contribution in [2.75, 3.05) is 6.61 Å². The Morgan fingerprint density at radius 1 is 1.37 bits per heavy atom. The Balaban J connectivity index is 1.75. The third-order valence-electron chi connectivity index (χ3n) is 4.26. The van der Waals surface area contributed by atoms with E-state index in [9.17, 15) is 5.11 Å². The summed E-state index contributed by atoms with van der Waals surface area (Å²) in [6.07, 6.45) is 3.51. The second-order valence-corrected chi connectivity index (χ2v) is 5.45. The van der Waals surface area contributed by atoms with Crippen molar-refractivity contribution in [3.8, 4) is 0 Å². The Hall–Kier alpha value is -1.39. The molecule has 0 spiro atoms. The molecule has 0 saturated heterocycles. The minimum Gasteiger partial charge on any atom is -0.396 e.